The molecule has 2 aliphatic rings. The minimum Gasteiger partial charge on any atom is -0.352 e. The minimum atomic E-state index is -0.227. The van der Waals surface area contributed by atoms with Gasteiger partial charge in [-0.2, -0.15) is 0 Å². The molecule has 1 saturated carbocycles. The SMILES string of the molecule is O=C(CN(Cc1cccc(F)c1)C1CC1)N1CCN(c2cnccn2)CC1. The lowest BCUT2D eigenvalue weighted by molar-refractivity contribution is -0.133. The number of anilines is 1. The number of benzene rings is 1. The monoisotopic (exact) mass is 369 g/mol. The highest BCUT2D eigenvalue weighted by atomic mass is 19.1. The maximum Gasteiger partial charge on any atom is 0.236 e. The van der Waals surface area contributed by atoms with Crippen LogP contribution in [0.1, 0.15) is 18.4 Å². The number of carbonyl (C=O) groups is 1. The van der Waals surface area contributed by atoms with E-state index in [1.807, 2.05) is 11.0 Å². The molecular formula is C20H24FN5O. The van der Waals surface area contributed by atoms with Gasteiger partial charge in [0.1, 0.15) is 11.6 Å². The van der Waals surface area contributed by atoms with Gasteiger partial charge in [-0.05, 0) is 30.5 Å². The van der Waals surface area contributed by atoms with Crippen molar-refractivity contribution in [3.8, 4) is 0 Å². The molecule has 1 aromatic carbocycles. The fraction of sp³-hybridized carbons (Fsp3) is 0.450. The van der Waals surface area contributed by atoms with Crippen molar-refractivity contribution in [3.05, 3.63) is 54.2 Å². The van der Waals surface area contributed by atoms with E-state index in [0.717, 1.165) is 37.3 Å². The number of halogens is 1. The van der Waals surface area contributed by atoms with Crippen molar-refractivity contribution < 1.29 is 9.18 Å². The highest BCUT2D eigenvalue weighted by molar-refractivity contribution is 5.78. The summed E-state index contributed by atoms with van der Waals surface area (Å²) in [5.74, 6) is 0.780. The first-order valence-corrected chi connectivity index (χ1v) is 9.46. The average Bonchev–Trinajstić information content (AvgIpc) is 3.54. The zero-order valence-electron chi connectivity index (χ0n) is 15.3. The molecular weight excluding hydrogens is 345 g/mol. The fourth-order valence-electron chi connectivity index (χ4n) is 3.54. The van der Waals surface area contributed by atoms with Crippen LogP contribution < -0.4 is 4.90 Å². The topological polar surface area (TPSA) is 52.6 Å². The number of rotatable bonds is 6. The van der Waals surface area contributed by atoms with Gasteiger partial charge in [-0.3, -0.25) is 14.7 Å². The Balaban J connectivity index is 1.32. The average molecular weight is 369 g/mol. The van der Waals surface area contributed by atoms with E-state index in [9.17, 15) is 9.18 Å². The third-order valence-electron chi connectivity index (χ3n) is 5.18. The highest BCUT2D eigenvalue weighted by Gasteiger charge is 2.32. The van der Waals surface area contributed by atoms with E-state index in [0.29, 0.717) is 32.2 Å². The van der Waals surface area contributed by atoms with Gasteiger partial charge in [0.25, 0.3) is 0 Å². The van der Waals surface area contributed by atoms with Gasteiger partial charge >= 0.3 is 0 Å². The van der Waals surface area contributed by atoms with Crippen molar-refractivity contribution in [2.45, 2.75) is 25.4 Å². The Morgan fingerprint density at radius 3 is 2.67 bits per heavy atom. The van der Waals surface area contributed by atoms with Gasteiger partial charge in [-0.25, -0.2) is 9.37 Å². The summed E-state index contributed by atoms with van der Waals surface area (Å²) in [5, 5.41) is 0. The van der Waals surface area contributed by atoms with Crippen LogP contribution in [0, 0.1) is 5.82 Å². The summed E-state index contributed by atoms with van der Waals surface area (Å²) in [6.07, 6.45) is 7.33. The van der Waals surface area contributed by atoms with Crippen molar-refractivity contribution in [2.75, 3.05) is 37.6 Å². The normalized spacial score (nSPS) is 17.4. The van der Waals surface area contributed by atoms with E-state index in [-0.39, 0.29) is 11.7 Å². The maximum atomic E-state index is 13.5. The number of nitrogens with zero attached hydrogens (tertiary/aromatic N) is 5. The lowest BCUT2D eigenvalue weighted by Crippen LogP contribution is -2.51. The molecule has 0 bridgehead atoms. The van der Waals surface area contributed by atoms with Gasteiger partial charge in [-0.15, -0.1) is 0 Å². The van der Waals surface area contributed by atoms with Crippen molar-refractivity contribution in [2.24, 2.45) is 0 Å². The summed E-state index contributed by atoms with van der Waals surface area (Å²) >= 11 is 0. The first kappa shape index (κ1) is 17.9. The summed E-state index contributed by atoms with van der Waals surface area (Å²) in [7, 11) is 0. The van der Waals surface area contributed by atoms with Gasteiger partial charge in [0, 0.05) is 51.2 Å². The molecule has 1 saturated heterocycles. The Morgan fingerprint density at radius 2 is 2.00 bits per heavy atom. The highest BCUT2D eigenvalue weighted by Crippen LogP contribution is 2.28. The number of piperazine rings is 1. The molecule has 1 amide bonds. The summed E-state index contributed by atoms with van der Waals surface area (Å²) < 4.78 is 13.5. The molecule has 1 aliphatic heterocycles. The summed E-state index contributed by atoms with van der Waals surface area (Å²) in [4.78, 5) is 27.5. The van der Waals surface area contributed by atoms with E-state index in [1.165, 1.54) is 6.07 Å². The first-order valence-electron chi connectivity index (χ1n) is 9.46. The maximum absolute atomic E-state index is 13.5. The second kappa shape index (κ2) is 8.00. The number of aromatic nitrogens is 2. The molecule has 1 aromatic heterocycles. The third-order valence-corrected chi connectivity index (χ3v) is 5.18. The molecule has 2 heterocycles. The number of carbonyl (C=O) groups excluding carboxylic acids is 1. The molecule has 0 unspecified atom stereocenters. The molecule has 7 heteroatoms. The largest absolute Gasteiger partial charge is 0.352 e. The van der Waals surface area contributed by atoms with E-state index in [4.69, 9.17) is 0 Å². The molecule has 27 heavy (non-hydrogen) atoms. The minimum absolute atomic E-state index is 0.150. The van der Waals surface area contributed by atoms with Crippen molar-refractivity contribution >= 4 is 11.7 Å². The van der Waals surface area contributed by atoms with Crippen LogP contribution in [-0.4, -0.2) is 64.4 Å². The summed E-state index contributed by atoms with van der Waals surface area (Å²) in [5.41, 5.74) is 0.919. The van der Waals surface area contributed by atoms with Gasteiger partial charge in [-0.1, -0.05) is 12.1 Å². The second-order valence-corrected chi connectivity index (χ2v) is 7.20. The predicted octanol–water partition coefficient (Wildman–Crippen LogP) is 1.93. The molecule has 4 rings (SSSR count). The molecule has 0 atom stereocenters. The van der Waals surface area contributed by atoms with Crippen LogP contribution >= 0.6 is 0 Å². The van der Waals surface area contributed by atoms with E-state index < -0.39 is 0 Å². The molecule has 0 N–H and O–H groups in total. The standard InChI is InChI=1S/C20H24FN5O/c21-17-3-1-2-16(12-17)14-26(18-4-5-18)15-20(27)25-10-8-24(9-11-25)19-13-22-6-7-23-19/h1-3,6-7,12-13,18H,4-5,8-11,14-15H2. The Hall–Kier alpha value is -2.54. The molecule has 2 fully saturated rings. The molecule has 142 valence electrons. The Morgan fingerprint density at radius 1 is 1.19 bits per heavy atom. The van der Waals surface area contributed by atoms with Gasteiger partial charge in [0.2, 0.25) is 5.91 Å². The fourth-order valence-corrected chi connectivity index (χ4v) is 3.54. The lowest BCUT2D eigenvalue weighted by Gasteiger charge is -2.36. The molecule has 0 radical (unpaired) electrons. The van der Waals surface area contributed by atoms with Crippen LogP contribution in [0.4, 0.5) is 10.2 Å². The summed E-state index contributed by atoms with van der Waals surface area (Å²) in [6.45, 7) is 3.91. The van der Waals surface area contributed by atoms with E-state index in [2.05, 4.69) is 19.8 Å². The van der Waals surface area contributed by atoms with Gasteiger partial charge in [0.05, 0.1) is 12.7 Å². The quantitative estimate of drug-likeness (QED) is 0.779. The molecule has 2 aromatic rings. The second-order valence-electron chi connectivity index (χ2n) is 7.20. The Bertz CT molecular complexity index is 775. The van der Waals surface area contributed by atoms with Crippen LogP contribution in [0.2, 0.25) is 0 Å². The third kappa shape index (κ3) is 4.60. The van der Waals surface area contributed by atoms with E-state index >= 15 is 0 Å². The van der Waals surface area contributed by atoms with Gasteiger partial charge in [0.15, 0.2) is 0 Å². The number of hydrogen-bond donors (Lipinski definition) is 0. The molecule has 1 aliphatic carbocycles. The summed E-state index contributed by atoms with van der Waals surface area (Å²) in [6, 6.07) is 7.09. The smallest absolute Gasteiger partial charge is 0.236 e. The Labute approximate surface area is 158 Å². The van der Waals surface area contributed by atoms with Crippen molar-refractivity contribution in [3.63, 3.8) is 0 Å². The van der Waals surface area contributed by atoms with Crippen LogP contribution in [-0.2, 0) is 11.3 Å². The van der Waals surface area contributed by atoms with Gasteiger partial charge < -0.3 is 9.80 Å². The number of amides is 1. The molecule has 0 spiro atoms. The predicted molar refractivity (Wildman–Crippen MR) is 101 cm³/mol. The number of hydrogen-bond acceptors (Lipinski definition) is 5. The van der Waals surface area contributed by atoms with Crippen molar-refractivity contribution in [1.29, 1.82) is 0 Å². The van der Waals surface area contributed by atoms with Crippen LogP contribution in [0.25, 0.3) is 0 Å². The zero-order chi connectivity index (χ0) is 18.6. The zero-order valence-corrected chi connectivity index (χ0v) is 15.3. The Kier molecular flexibility index (Phi) is 5.29. The van der Waals surface area contributed by atoms with Crippen LogP contribution in [0.3, 0.4) is 0 Å². The van der Waals surface area contributed by atoms with E-state index in [1.54, 1.807) is 30.7 Å². The molecule has 6 nitrogen and oxygen atoms in total. The lowest BCUT2D eigenvalue weighted by atomic mass is 10.2. The van der Waals surface area contributed by atoms with Crippen LogP contribution in [0.15, 0.2) is 42.9 Å². The first-order chi connectivity index (χ1) is 13.2. The van der Waals surface area contributed by atoms with Crippen molar-refractivity contribution in [1.82, 2.24) is 19.8 Å². The van der Waals surface area contributed by atoms with Crippen LogP contribution in [0.5, 0.6) is 0 Å².